The highest BCUT2D eigenvalue weighted by Gasteiger charge is 2.12. The molecule has 0 atom stereocenters. The van der Waals surface area contributed by atoms with E-state index in [2.05, 4.69) is 0 Å². The minimum atomic E-state index is -0.0314. The van der Waals surface area contributed by atoms with Gasteiger partial charge < -0.3 is 4.90 Å². The molecule has 0 bridgehead atoms. The Bertz CT molecular complexity index is 396. The first kappa shape index (κ1) is 11.6. The van der Waals surface area contributed by atoms with Crippen molar-refractivity contribution in [1.82, 2.24) is 4.90 Å². The Morgan fingerprint density at radius 2 is 2.13 bits per heavy atom. The van der Waals surface area contributed by atoms with E-state index >= 15 is 0 Å². The Kier molecular flexibility index (Phi) is 4.19. The highest BCUT2D eigenvalue weighted by atomic mass is 32.2. The van der Waals surface area contributed by atoms with Gasteiger partial charge in [0, 0.05) is 19.0 Å². The van der Waals surface area contributed by atoms with Gasteiger partial charge in [0.05, 0.1) is 17.4 Å². The lowest BCUT2D eigenvalue weighted by molar-refractivity contribution is 0.0824. The van der Waals surface area contributed by atoms with Crippen LogP contribution in [0.5, 0.6) is 0 Å². The van der Waals surface area contributed by atoms with Gasteiger partial charge in [0.1, 0.15) is 0 Å². The van der Waals surface area contributed by atoms with Gasteiger partial charge in [0.15, 0.2) is 0 Å². The van der Waals surface area contributed by atoms with Gasteiger partial charge in [-0.25, -0.2) is 0 Å². The summed E-state index contributed by atoms with van der Waals surface area (Å²) in [4.78, 5) is 14.2. The molecule has 0 heterocycles. The molecule has 1 rings (SSSR count). The average molecular weight is 220 g/mol. The van der Waals surface area contributed by atoms with Crippen molar-refractivity contribution in [2.75, 3.05) is 19.8 Å². The topological polar surface area (TPSA) is 44.1 Å². The zero-order valence-electron chi connectivity index (χ0n) is 8.73. The van der Waals surface area contributed by atoms with Crippen LogP contribution in [0, 0.1) is 11.3 Å². The van der Waals surface area contributed by atoms with Crippen molar-refractivity contribution in [2.24, 2.45) is 0 Å². The summed E-state index contributed by atoms with van der Waals surface area (Å²) in [5.74, 6) is 0.327. The number of nitriles is 1. The number of hydrogen-bond donors (Lipinski definition) is 0. The number of benzene rings is 1. The maximum Gasteiger partial charge on any atom is 0.254 e. The standard InChI is InChI=1S/C11H12N2OS/c1-13(2)11(14)9-5-3-4-6-10(9)15-8-7-12/h3-6H,8H2,1-2H3. The largest absolute Gasteiger partial charge is 0.345 e. The fourth-order valence-electron chi connectivity index (χ4n) is 1.12. The third-order valence-corrected chi connectivity index (χ3v) is 2.76. The summed E-state index contributed by atoms with van der Waals surface area (Å²) in [6, 6.07) is 9.38. The van der Waals surface area contributed by atoms with Crippen molar-refractivity contribution >= 4 is 17.7 Å². The first-order valence-electron chi connectivity index (χ1n) is 4.47. The van der Waals surface area contributed by atoms with Gasteiger partial charge in [-0.3, -0.25) is 4.79 Å². The quantitative estimate of drug-likeness (QED) is 0.732. The monoisotopic (exact) mass is 220 g/mol. The maximum atomic E-state index is 11.8. The zero-order valence-corrected chi connectivity index (χ0v) is 9.54. The summed E-state index contributed by atoms with van der Waals surface area (Å²) in [5.41, 5.74) is 0.655. The van der Waals surface area contributed by atoms with Gasteiger partial charge in [-0.05, 0) is 12.1 Å². The van der Waals surface area contributed by atoms with Crippen molar-refractivity contribution < 1.29 is 4.79 Å². The second-order valence-electron chi connectivity index (χ2n) is 3.14. The SMILES string of the molecule is CN(C)C(=O)c1ccccc1SCC#N. The van der Waals surface area contributed by atoms with Crippen molar-refractivity contribution in [3.8, 4) is 6.07 Å². The van der Waals surface area contributed by atoms with E-state index in [-0.39, 0.29) is 5.91 Å². The molecule has 0 radical (unpaired) electrons. The Hall–Kier alpha value is -1.47. The molecule has 1 aromatic carbocycles. The predicted molar refractivity (Wildman–Crippen MR) is 60.8 cm³/mol. The van der Waals surface area contributed by atoms with Crippen LogP contribution in [0.4, 0.5) is 0 Å². The molecule has 15 heavy (non-hydrogen) atoms. The van der Waals surface area contributed by atoms with E-state index in [0.29, 0.717) is 11.3 Å². The van der Waals surface area contributed by atoms with Crippen LogP contribution in [-0.4, -0.2) is 30.7 Å². The van der Waals surface area contributed by atoms with E-state index in [4.69, 9.17) is 5.26 Å². The summed E-state index contributed by atoms with van der Waals surface area (Å²) in [5, 5.41) is 8.50. The van der Waals surface area contributed by atoms with Gasteiger partial charge in [0.2, 0.25) is 0 Å². The van der Waals surface area contributed by atoms with Crippen LogP contribution in [0.25, 0.3) is 0 Å². The molecule has 0 fully saturated rings. The predicted octanol–water partition coefficient (Wildman–Crippen LogP) is 2.00. The van der Waals surface area contributed by atoms with E-state index in [1.807, 2.05) is 24.3 Å². The van der Waals surface area contributed by atoms with E-state index in [1.54, 1.807) is 20.2 Å². The Balaban J connectivity index is 2.96. The molecule has 0 saturated carbocycles. The van der Waals surface area contributed by atoms with Crippen LogP contribution < -0.4 is 0 Å². The van der Waals surface area contributed by atoms with Crippen molar-refractivity contribution in [3.05, 3.63) is 29.8 Å². The lowest BCUT2D eigenvalue weighted by Crippen LogP contribution is -2.22. The first-order chi connectivity index (χ1) is 7.16. The lowest BCUT2D eigenvalue weighted by atomic mass is 10.2. The van der Waals surface area contributed by atoms with E-state index in [0.717, 1.165) is 4.90 Å². The summed E-state index contributed by atoms with van der Waals surface area (Å²) in [7, 11) is 3.43. The average Bonchev–Trinajstić information content (AvgIpc) is 2.25. The molecule has 0 aliphatic rings. The highest BCUT2D eigenvalue weighted by Crippen LogP contribution is 2.22. The summed E-state index contributed by atoms with van der Waals surface area (Å²) >= 11 is 1.38. The van der Waals surface area contributed by atoms with Gasteiger partial charge in [-0.2, -0.15) is 5.26 Å². The van der Waals surface area contributed by atoms with Crippen LogP contribution in [-0.2, 0) is 0 Å². The number of nitrogens with zero attached hydrogens (tertiary/aromatic N) is 2. The van der Waals surface area contributed by atoms with Crippen LogP contribution in [0.15, 0.2) is 29.2 Å². The molecule has 0 aliphatic carbocycles. The second kappa shape index (κ2) is 5.42. The van der Waals surface area contributed by atoms with Gasteiger partial charge in [-0.1, -0.05) is 12.1 Å². The Morgan fingerprint density at radius 3 is 2.73 bits per heavy atom. The summed E-state index contributed by atoms with van der Waals surface area (Å²) < 4.78 is 0. The van der Waals surface area contributed by atoms with E-state index in [9.17, 15) is 4.79 Å². The molecule has 0 unspecified atom stereocenters. The minimum Gasteiger partial charge on any atom is -0.345 e. The van der Waals surface area contributed by atoms with Gasteiger partial charge >= 0.3 is 0 Å². The van der Waals surface area contributed by atoms with E-state index in [1.165, 1.54) is 16.7 Å². The minimum absolute atomic E-state index is 0.0314. The summed E-state index contributed by atoms with van der Waals surface area (Å²) in [6.07, 6.45) is 0. The lowest BCUT2D eigenvalue weighted by Gasteiger charge is -2.12. The molecule has 78 valence electrons. The van der Waals surface area contributed by atoms with Crippen molar-refractivity contribution in [2.45, 2.75) is 4.90 Å². The molecule has 0 aromatic heterocycles. The number of rotatable bonds is 3. The molecule has 1 amide bonds. The molecule has 1 aromatic rings. The maximum absolute atomic E-state index is 11.8. The van der Waals surface area contributed by atoms with Crippen LogP contribution >= 0.6 is 11.8 Å². The fourth-order valence-corrected chi connectivity index (χ4v) is 1.83. The fraction of sp³-hybridized carbons (Fsp3) is 0.273. The molecule has 4 heteroatoms. The third-order valence-electron chi connectivity index (χ3n) is 1.82. The van der Waals surface area contributed by atoms with Crippen LogP contribution in [0.1, 0.15) is 10.4 Å². The Labute approximate surface area is 93.7 Å². The molecular formula is C11H12N2OS. The third kappa shape index (κ3) is 3.00. The molecule has 3 nitrogen and oxygen atoms in total. The normalized spacial score (nSPS) is 9.40. The van der Waals surface area contributed by atoms with Crippen molar-refractivity contribution in [1.29, 1.82) is 5.26 Å². The molecule has 0 spiro atoms. The zero-order chi connectivity index (χ0) is 11.3. The van der Waals surface area contributed by atoms with Gasteiger partial charge in [-0.15, -0.1) is 11.8 Å². The number of amides is 1. The first-order valence-corrected chi connectivity index (χ1v) is 5.46. The van der Waals surface area contributed by atoms with Crippen LogP contribution in [0.3, 0.4) is 0 Å². The highest BCUT2D eigenvalue weighted by molar-refractivity contribution is 7.99. The second-order valence-corrected chi connectivity index (χ2v) is 4.16. The number of thioether (sulfide) groups is 1. The van der Waals surface area contributed by atoms with Crippen LogP contribution in [0.2, 0.25) is 0 Å². The van der Waals surface area contributed by atoms with Crippen molar-refractivity contribution in [3.63, 3.8) is 0 Å². The Morgan fingerprint density at radius 1 is 1.47 bits per heavy atom. The van der Waals surface area contributed by atoms with E-state index < -0.39 is 0 Å². The molecular weight excluding hydrogens is 208 g/mol. The molecule has 0 N–H and O–H groups in total. The molecule has 0 aliphatic heterocycles. The summed E-state index contributed by atoms with van der Waals surface area (Å²) in [6.45, 7) is 0. The smallest absolute Gasteiger partial charge is 0.254 e. The number of hydrogen-bond acceptors (Lipinski definition) is 3. The van der Waals surface area contributed by atoms with Gasteiger partial charge in [0.25, 0.3) is 5.91 Å². The number of carbonyl (C=O) groups excluding carboxylic acids is 1. The molecule has 0 saturated heterocycles. The number of carbonyl (C=O) groups is 1.